The van der Waals surface area contributed by atoms with E-state index in [2.05, 4.69) is 0 Å². The third-order valence-corrected chi connectivity index (χ3v) is 3.10. The van der Waals surface area contributed by atoms with Crippen LogP contribution in [0.5, 0.6) is 5.75 Å². The van der Waals surface area contributed by atoms with Gasteiger partial charge in [0, 0.05) is 6.04 Å². The second-order valence-corrected chi connectivity index (χ2v) is 6.50. The quantitative estimate of drug-likeness (QED) is 0.898. The maximum Gasteiger partial charge on any atom is 0.411 e. The van der Waals surface area contributed by atoms with Gasteiger partial charge in [-0.25, -0.2) is 9.59 Å². The summed E-state index contributed by atoms with van der Waals surface area (Å²) < 4.78 is 10.4. The second-order valence-electron chi connectivity index (χ2n) is 6.50. The zero-order valence-electron chi connectivity index (χ0n) is 14.5. The number of carbonyl (C=O) groups excluding carboxylic acids is 1. The van der Waals surface area contributed by atoms with E-state index >= 15 is 0 Å². The lowest BCUT2D eigenvalue weighted by atomic mass is 10.0. The van der Waals surface area contributed by atoms with Gasteiger partial charge < -0.3 is 14.6 Å². The molecule has 0 saturated carbocycles. The molecule has 0 spiro atoms. The Labute approximate surface area is 137 Å². The average molecular weight is 323 g/mol. The van der Waals surface area contributed by atoms with E-state index in [0.29, 0.717) is 11.3 Å². The van der Waals surface area contributed by atoms with Crippen LogP contribution in [0.4, 0.5) is 4.79 Å². The summed E-state index contributed by atoms with van der Waals surface area (Å²) in [6, 6.07) is 5.13. The molecular formula is C17H25NO5. The highest BCUT2D eigenvalue weighted by molar-refractivity contribution is 5.82. The molecule has 1 aromatic carbocycles. The Bertz CT molecular complexity index is 545. The number of carboxylic acids is 1. The van der Waals surface area contributed by atoms with E-state index in [4.69, 9.17) is 9.47 Å². The second kappa shape index (κ2) is 7.35. The Balaban J connectivity index is 3.21. The number of nitrogens with zero attached hydrogens (tertiary/aromatic N) is 1. The number of hydrogen-bond acceptors (Lipinski definition) is 4. The minimum Gasteiger partial charge on any atom is -0.497 e. The van der Waals surface area contributed by atoms with Gasteiger partial charge in [-0.3, -0.25) is 4.90 Å². The van der Waals surface area contributed by atoms with Gasteiger partial charge in [-0.2, -0.15) is 0 Å². The molecule has 1 rings (SSSR count). The normalized spacial score (nSPS) is 12.7. The van der Waals surface area contributed by atoms with Crippen molar-refractivity contribution < 1.29 is 24.2 Å². The largest absolute Gasteiger partial charge is 0.497 e. The number of rotatable bonds is 5. The van der Waals surface area contributed by atoms with E-state index in [9.17, 15) is 14.7 Å². The Kier molecular flexibility index (Phi) is 6.01. The van der Waals surface area contributed by atoms with Crippen molar-refractivity contribution in [2.75, 3.05) is 7.11 Å². The lowest BCUT2D eigenvalue weighted by molar-refractivity contribution is -0.144. The van der Waals surface area contributed by atoms with Gasteiger partial charge in [0.25, 0.3) is 0 Å². The van der Waals surface area contributed by atoms with E-state index in [1.165, 1.54) is 12.0 Å². The fourth-order valence-electron chi connectivity index (χ4n) is 2.14. The van der Waals surface area contributed by atoms with Crippen LogP contribution >= 0.6 is 0 Å². The van der Waals surface area contributed by atoms with Gasteiger partial charge in [-0.05, 0) is 52.3 Å². The van der Waals surface area contributed by atoms with Crippen molar-refractivity contribution in [1.29, 1.82) is 0 Å². The summed E-state index contributed by atoms with van der Waals surface area (Å²) in [5.41, 5.74) is -0.217. The molecule has 6 heteroatoms. The molecule has 1 amide bonds. The number of carbonyl (C=O) groups is 2. The molecule has 6 nitrogen and oxygen atoms in total. The standard InChI is InChI=1S/C17H25NO5/c1-11(2)18(16(21)23-17(3,4)5)14(15(19)20)12-7-9-13(22-6)10-8-12/h7-11,14H,1-6H3,(H,19,20). The van der Waals surface area contributed by atoms with Gasteiger partial charge >= 0.3 is 12.1 Å². The predicted molar refractivity (Wildman–Crippen MR) is 86.6 cm³/mol. The molecule has 0 fully saturated rings. The van der Waals surface area contributed by atoms with E-state index < -0.39 is 23.7 Å². The van der Waals surface area contributed by atoms with Crippen LogP contribution in [0.15, 0.2) is 24.3 Å². The molecule has 0 aliphatic heterocycles. The van der Waals surface area contributed by atoms with Crippen LogP contribution < -0.4 is 4.74 Å². The van der Waals surface area contributed by atoms with Crippen LogP contribution in [-0.2, 0) is 9.53 Å². The number of aliphatic carboxylic acids is 1. The Morgan fingerprint density at radius 1 is 1.13 bits per heavy atom. The van der Waals surface area contributed by atoms with Crippen molar-refractivity contribution in [2.24, 2.45) is 0 Å². The highest BCUT2D eigenvalue weighted by Gasteiger charge is 2.35. The molecule has 128 valence electrons. The zero-order valence-corrected chi connectivity index (χ0v) is 14.5. The minimum absolute atomic E-state index is 0.340. The topological polar surface area (TPSA) is 76.1 Å². The summed E-state index contributed by atoms with van der Waals surface area (Å²) >= 11 is 0. The molecule has 1 N–H and O–H groups in total. The number of methoxy groups -OCH3 is 1. The highest BCUT2D eigenvalue weighted by atomic mass is 16.6. The Morgan fingerprint density at radius 2 is 1.65 bits per heavy atom. The van der Waals surface area contributed by atoms with Crippen molar-refractivity contribution in [3.05, 3.63) is 29.8 Å². The first-order valence-electron chi connectivity index (χ1n) is 7.45. The molecule has 0 heterocycles. The van der Waals surface area contributed by atoms with Crippen molar-refractivity contribution in [3.8, 4) is 5.75 Å². The summed E-state index contributed by atoms with van der Waals surface area (Å²) in [5, 5.41) is 9.64. The van der Waals surface area contributed by atoms with Crippen LogP contribution in [0.1, 0.15) is 46.2 Å². The van der Waals surface area contributed by atoms with Gasteiger partial charge in [0.05, 0.1) is 7.11 Å². The maximum atomic E-state index is 12.5. The number of amides is 1. The van der Waals surface area contributed by atoms with Gasteiger partial charge in [-0.15, -0.1) is 0 Å². The Hall–Kier alpha value is -2.24. The zero-order chi connectivity index (χ0) is 17.8. The smallest absolute Gasteiger partial charge is 0.411 e. The number of ether oxygens (including phenoxy) is 2. The number of hydrogen-bond donors (Lipinski definition) is 1. The van der Waals surface area contributed by atoms with E-state index in [1.807, 2.05) is 0 Å². The molecule has 0 aliphatic carbocycles. The van der Waals surface area contributed by atoms with Gasteiger partial charge in [0.15, 0.2) is 6.04 Å². The monoisotopic (exact) mass is 323 g/mol. The van der Waals surface area contributed by atoms with Crippen molar-refractivity contribution in [1.82, 2.24) is 4.90 Å². The third kappa shape index (κ3) is 5.16. The van der Waals surface area contributed by atoms with Gasteiger partial charge in [0.2, 0.25) is 0 Å². The molecule has 0 radical (unpaired) electrons. The third-order valence-electron chi connectivity index (χ3n) is 3.10. The van der Waals surface area contributed by atoms with Crippen LogP contribution in [0.25, 0.3) is 0 Å². The summed E-state index contributed by atoms with van der Waals surface area (Å²) in [4.78, 5) is 25.5. The first kappa shape index (κ1) is 18.8. The molecule has 0 saturated heterocycles. The average Bonchev–Trinajstić information content (AvgIpc) is 2.41. The molecule has 23 heavy (non-hydrogen) atoms. The van der Waals surface area contributed by atoms with Crippen LogP contribution in [0, 0.1) is 0 Å². The fourth-order valence-corrected chi connectivity index (χ4v) is 2.14. The summed E-state index contributed by atoms with van der Waals surface area (Å²) in [7, 11) is 1.53. The van der Waals surface area contributed by atoms with E-state index in [1.54, 1.807) is 58.9 Å². The summed E-state index contributed by atoms with van der Waals surface area (Å²) in [6.07, 6.45) is -0.657. The molecule has 0 aromatic heterocycles. The molecule has 1 aromatic rings. The lowest BCUT2D eigenvalue weighted by Crippen LogP contribution is -2.45. The number of benzene rings is 1. The molecular weight excluding hydrogens is 298 g/mol. The van der Waals surface area contributed by atoms with Crippen LogP contribution in [-0.4, -0.2) is 40.8 Å². The number of carboxylic acid groups (broad SMARTS) is 1. The van der Waals surface area contributed by atoms with Crippen molar-refractivity contribution >= 4 is 12.1 Å². The van der Waals surface area contributed by atoms with E-state index in [0.717, 1.165) is 0 Å². The predicted octanol–water partition coefficient (Wildman–Crippen LogP) is 3.47. The van der Waals surface area contributed by atoms with Crippen molar-refractivity contribution in [3.63, 3.8) is 0 Å². The first-order chi connectivity index (χ1) is 10.6. The lowest BCUT2D eigenvalue weighted by Gasteiger charge is -2.34. The SMILES string of the molecule is COc1ccc(C(C(=O)O)N(C(=O)OC(C)(C)C)C(C)C)cc1. The fraction of sp³-hybridized carbons (Fsp3) is 0.529. The van der Waals surface area contributed by atoms with Gasteiger partial charge in [0.1, 0.15) is 11.4 Å². The summed E-state index contributed by atoms with van der Waals surface area (Å²) in [6.45, 7) is 8.73. The molecule has 1 unspecified atom stereocenters. The first-order valence-corrected chi connectivity index (χ1v) is 7.45. The molecule has 1 atom stereocenters. The van der Waals surface area contributed by atoms with Crippen molar-refractivity contribution in [2.45, 2.75) is 52.3 Å². The molecule has 0 bridgehead atoms. The summed E-state index contributed by atoms with van der Waals surface area (Å²) in [5.74, 6) is -0.499. The Morgan fingerprint density at radius 3 is 2.00 bits per heavy atom. The highest BCUT2D eigenvalue weighted by Crippen LogP contribution is 2.27. The minimum atomic E-state index is -1.13. The van der Waals surface area contributed by atoms with Gasteiger partial charge in [-0.1, -0.05) is 12.1 Å². The van der Waals surface area contributed by atoms with Crippen LogP contribution in [0.3, 0.4) is 0 Å². The van der Waals surface area contributed by atoms with Crippen LogP contribution in [0.2, 0.25) is 0 Å². The maximum absolute atomic E-state index is 12.5. The van der Waals surface area contributed by atoms with E-state index in [-0.39, 0.29) is 6.04 Å². The molecule has 0 aliphatic rings.